The highest BCUT2D eigenvalue weighted by Gasteiger charge is 2.41. The number of hydrogen-bond donors (Lipinski definition) is 0. The number of aromatic nitrogens is 6. The lowest BCUT2D eigenvalue weighted by Crippen LogP contribution is -2.14. The molecule has 21 aromatic rings. The van der Waals surface area contributed by atoms with Crippen molar-refractivity contribution in [3.05, 3.63) is 338 Å². The minimum atomic E-state index is -5.21. The van der Waals surface area contributed by atoms with Crippen LogP contribution in [0.4, 0.5) is 26.3 Å². The summed E-state index contributed by atoms with van der Waals surface area (Å²) in [6.45, 7) is 0. The van der Waals surface area contributed by atoms with Crippen molar-refractivity contribution in [2.45, 2.75) is 12.4 Å². The molecule has 7 nitrogen and oxygen atoms in total. The molecule has 0 fully saturated rings. The van der Waals surface area contributed by atoms with Crippen LogP contribution in [0.1, 0.15) is 16.7 Å². The lowest BCUT2D eigenvalue weighted by atomic mass is 9.90. The van der Waals surface area contributed by atoms with Crippen LogP contribution in [0.15, 0.2) is 322 Å². The summed E-state index contributed by atoms with van der Waals surface area (Å²) in [6, 6.07) is 106. The summed E-state index contributed by atoms with van der Waals surface area (Å²) in [5, 5.41) is 23.2. The molecule has 21 rings (SSSR count). The summed E-state index contributed by atoms with van der Waals surface area (Å²) < 4.78 is 108. The van der Waals surface area contributed by atoms with Crippen LogP contribution >= 0.6 is 0 Å². The fourth-order valence-corrected chi connectivity index (χ4v) is 17.3. The third-order valence-corrected chi connectivity index (χ3v) is 21.7. The van der Waals surface area contributed by atoms with Gasteiger partial charge in [-0.3, -0.25) is 0 Å². The van der Waals surface area contributed by atoms with Crippen molar-refractivity contribution in [3.63, 3.8) is 0 Å². The lowest BCUT2D eigenvalue weighted by Gasteiger charge is -2.22. The predicted octanol–water partition coefficient (Wildman–Crippen LogP) is 25.5. The van der Waals surface area contributed by atoms with E-state index in [9.17, 15) is 5.26 Å². The Hall–Kier alpha value is -13.8. The van der Waals surface area contributed by atoms with Crippen molar-refractivity contribution in [3.8, 4) is 62.4 Å². The fourth-order valence-electron chi connectivity index (χ4n) is 17.3. The molecule has 0 spiro atoms. The largest absolute Gasteiger partial charge is 0.417 e. The van der Waals surface area contributed by atoms with Crippen molar-refractivity contribution >= 4 is 131 Å². The van der Waals surface area contributed by atoms with Crippen molar-refractivity contribution in [1.29, 1.82) is 5.26 Å². The van der Waals surface area contributed by atoms with Gasteiger partial charge >= 0.3 is 12.4 Å². The molecule has 6 aromatic heterocycles. The summed E-state index contributed by atoms with van der Waals surface area (Å²) >= 11 is 0. The Morgan fingerprint density at radius 1 is 0.226 bits per heavy atom. The Kier molecular flexibility index (Phi) is 13.0. The molecule has 6 heterocycles. The van der Waals surface area contributed by atoms with Gasteiger partial charge in [-0.05, 0) is 169 Å². The Morgan fingerprint density at radius 2 is 0.481 bits per heavy atom. The van der Waals surface area contributed by atoms with Crippen LogP contribution in [0, 0.1) is 11.3 Å². The van der Waals surface area contributed by atoms with Crippen molar-refractivity contribution < 1.29 is 26.3 Å². The van der Waals surface area contributed by atoms with Gasteiger partial charge in [0.2, 0.25) is 0 Å². The molecular formula is C93H53F6N7. The molecule has 0 aliphatic rings. The normalized spacial score (nSPS) is 12.4. The predicted molar refractivity (Wildman–Crippen MR) is 418 cm³/mol. The number of nitriles is 1. The molecule has 106 heavy (non-hydrogen) atoms. The van der Waals surface area contributed by atoms with Gasteiger partial charge in [0.05, 0.1) is 100 Å². The SMILES string of the molecule is N#Cc1ccc(-n2c3ccc(-n4c5ccccc5c5ccccc54)cc3c3cc(-n4c5ccccc5c5ccccc54)ccc32)c(-c2cc(-c3c(C(F)(F)F)cccc3C(F)(F)F)ccc2-n2c3ccc(-n4c5ccccc5c5ccccc54)cc3c3cc(-n4c5ccccc5c5ccccc54)ccc32)c1. The van der Waals surface area contributed by atoms with E-state index in [4.69, 9.17) is 0 Å². The van der Waals surface area contributed by atoms with Gasteiger partial charge in [0.25, 0.3) is 0 Å². The summed E-state index contributed by atoms with van der Waals surface area (Å²) in [5.74, 6) is 0. The van der Waals surface area contributed by atoms with Crippen molar-refractivity contribution in [2.24, 2.45) is 0 Å². The third kappa shape index (κ3) is 8.88. The summed E-state index contributed by atoms with van der Waals surface area (Å²) in [6.07, 6.45) is -10.4. The van der Waals surface area contributed by atoms with Crippen molar-refractivity contribution in [2.75, 3.05) is 0 Å². The molecule has 0 unspecified atom stereocenters. The van der Waals surface area contributed by atoms with Crippen LogP contribution in [0.3, 0.4) is 0 Å². The highest BCUT2D eigenvalue weighted by atomic mass is 19.4. The Morgan fingerprint density at radius 3 is 0.755 bits per heavy atom. The number of hydrogen-bond acceptors (Lipinski definition) is 1. The van der Waals surface area contributed by atoms with Gasteiger partial charge in [-0.1, -0.05) is 158 Å². The van der Waals surface area contributed by atoms with Crippen molar-refractivity contribution in [1.82, 2.24) is 27.4 Å². The second kappa shape index (κ2) is 22.6. The van der Waals surface area contributed by atoms with E-state index in [2.05, 4.69) is 203 Å². The maximum atomic E-state index is 15.8. The van der Waals surface area contributed by atoms with Gasteiger partial charge in [0.15, 0.2) is 0 Å². The van der Waals surface area contributed by atoms with E-state index in [-0.39, 0.29) is 16.7 Å². The molecule has 13 heteroatoms. The van der Waals surface area contributed by atoms with Crippen LogP contribution < -0.4 is 0 Å². The summed E-state index contributed by atoms with van der Waals surface area (Å²) in [7, 11) is 0. The van der Waals surface area contributed by atoms with Crippen LogP contribution in [0.2, 0.25) is 0 Å². The smallest absolute Gasteiger partial charge is 0.309 e. The molecule has 0 saturated heterocycles. The number of halogens is 6. The quantitative estimate of drug-likeness (QED) is 0.140. The van der Waals surface area contributed by atoms with E-state index in [1.165, 1.54) is 12.1 Å². The summed E-state index contributed by atoms with van der Waals surface area (Å²) in [5.41, 5.74) is 11.9. The minimum absolute atomic E-state index is 0.207. The molecule has 0 aliphatic carbocycles. The molecule has 0 amide bonds. The van der Waals surface area contributed by atoms with Gasteiger partial charge in [0, 0.05) is 104 Å². The maximum Gasteiger partial charge on any atom is 0.417 e. The molecule has 502 valence electrons. The van der Waals surface area contributed by atoms with E-state index in [1.807, 2.05) is 103 Å². The highest BCUT2D eigenvalue weighted by Crippen LogP contribution is 2.50. The number of rotatable bonds is 8. The number of benzene rings is 15. The Labute approximate surface area is 599 Å². The van der Waals surface area contributed by atoms with Crippen LogP contribution in [0.25, 0.3) is 187 Å². The minimum Gasteiger partial charge on any atom is -0.309 e. The first kappa shape index (κ1) is 60.9. The average Bonchev–Trinajstić information content (AvgIpc) is 1.53. The maximum absolute atomic E-state index is 15.8. The Balaban J connectivity index is 0.878. The topological polar surface area (TPSA) is 53.4 Å². The zero-order valence-corrected chi connectivity index (χ0v) is 56.0. The Bertz CT molecular complexity index is 6820. The lowest BCUT2D eigenvalue weighted by molar-refractivity contribution is -0.142. The van der Waals surface area contributed by atoms with Gasteiger partial charge in [-0.2, -0.15) is 31.6 Å². The molecule has 0 aliphatic heterocycles. The van der Waals surface area contributed by atoms with Crippen LogP contribution in [0.5, 0.6) is 0 Å². The first-order valence-corrected chi connectivity index (χ1v) is 34.9. The zero-order chi connectivity index (χ0) is 71.0. The molecule has 0 bridgehead atoms. The van der Waals surface area contributed by atoms with Gasteiger partial charge in [0.1, 0.15) is 0 Å². The highest BCUT2D eigenvalue weighted by molar-refractivity contribution is 6.17. The second-order valence-corrected chi connectivity index (χ2v) is 27.3. The third-order valence-electron chi connectivity index (χ3n) is 21.7. The molecular weight excluding hydrogens is 1330 g/mol. The van der Waals surface area contributed by atoms with E-state index in [1.54, 1.807) is 18.2 Å². The number of para-hydroxylation sites is 8. The average molecular weight is 1380 g/mol. The van der Waals surface area contributed by atoms with E-state index >= 15 is 26.3 Å². The molecule has 0 N–H and O–H groups in total. The van der Waals surface area contributed by atoms with Crippen LogP contribution in [-0.2, 0) is 12.4 Å². The first-order chi connectivity index (χ1) is 51.8. The molecule has 15 aromatic carbocycles. The van der Waals surface area contributed by atoms with Gasteiger partial charge in [-0.15, -0.1) is 0 Å². The standard InChI is InChI=1S/C93H53F6N7/c94-92(95,96)75-26-17-27-76(93(97,98)99)91(75)56-37-43-86(106-89-46-40-59(103-81-32-13-5-22-65(81)66-23-6-14-33-82(66)103)52-73(89)74-53-60(41-47-90(74)106)104-83-34-15-7-24-67(83)68-25-8-16-35-84(68)104)70(49-56)69-48-55(54-100)36-42-85(69)105-87-44-38-57(101-77-28-9-1-18-61(77)62-19-2-10-29-78(62)101)50-71(87)72-51-58(39-45-88(72)105)102-79-30-11-3-20-63(79)64-21-4-12-31-80(64)102/h1-53H. The zero-order valence-electron chi connectivity index (χ0n) is 56.0. The van der Waals surface area contributed by atoms with E-state index in [0.717, 1.165) is 149 Å². The number of alkyl halides is 6. The van der Waals surface area contributed by atoms with Crippen LogP contribution in [-0.4, -0.2) is 27.4 Å². The molecule has 0 radical (unpaired) electrons. The fraction of sp³-hybridized carbons (Fsp3) is 0.0215. The van der Waals surface area contributed by atoms with Gasteiger partial charge < -0.3 is 27.4 Å². The molecule has 0 atom stereocenters. The number of fused-ring (bicyclic) bond motifs is 18. The number of nitrogens with zero attached hydrogens (tertiary/aromatic N) is 7. The summed E-state index contributed by atoms with van der Waals surface area (Å²) in [4.78, 5) is 0. The van der Waals surface area contributed by atoms with Gasteiger partial charge in [-0.25, -0.2) is 0 Å². The van der Waals surface area contributed by atoms with E-state index < -0.39 is 29.0 Å². The second-order valence-electron chi connectivity index (χ2n) is 27.3. The van der Waals surface area contributed by atoms with E-state index in [0.29, 0.717) is 40.1 Å². The molecule has 0 saturated carbocycles. The first-order valence-electron chi connectivity index (χ1n) is 34.9. The monoisotopic (exact) mass is 1380 g/mol.